The largest absolute Gasteiger partial charge is 0.493 e. The number of methoxy groups -OCH3 is 1. The molecule has 15 heavy (non-hydrogen) atoms. The Morgan fingerprint density at radius 1 is 1.33 bits per heavy atom. The van der Waals surface area contributed by atoms with E-state index in [1.54, 1.807) is 13.2 Å². The third-order valence-electron chi connectivity index (χ3n) is 1.94. The molecule has 84 valence electrons. The summed E-state index contributed by atoms with van der Waals surface area (Å²) in [6.07, 6.45) is 3.12. The molecule has 0 aliphatic heterocycles. The fourth-order valence-electron chi connectivity index (χ4n) is 1.19. The highest BCUT2D eigenvalue weighted by Gasteiger charge is 2.03. The second kappa shape index (κ2) is 6.45. The van der Waals surface area contributed by atoms with Crippen molar-refractivity contribution in [3.8, 4) is 11.5 Å². The van der Waals surface area contributed by atoms with Crippen molar-refractivity contribution in [2.75, 3.05) is 31.5 Å². The number of ether oxygens (including phenoxy) is 2. The van der Waals surface area contributed by atoms with Gasteiger partial charge in [-0.3, -0.25) is 0 Å². The molecule has 0 spiro atoms. The maximum Gasteiger partial charge on any atom is 0.162 e. The number of hydrogen-bond donors (Lipinski definition) is 1. The van der Waals surface area contributed by atoms with Crippen LogP contribution in [0.15, 0.2) is 18.2 Å². The van der Waals surface area contributed by atoms with Crippen LogP contribution in [0, 0.1) is 0 Å². The van der Waals surface area contributed by atoms with E-state index in [0.29, 0.717) is 18.0 Å². The van der Waals surface area contributed by atoms with E-state index < -0.39 is 0 Å². The first-order chi connectivity index (χ1) is 7.27. The Hall–Kier alpha value is -1.03. The van der Waals surface area contributed by atoms with Crippen molar-refractivity contribution < 1.29 is 9.47 Å². The average molecular weight is 227 g/mol. The second-order valence-electron chi connectivity index (χ2n) is 3.11. The number of benzene rings is 1. The van der Waals surface area contributed by atoms with Gasteiger partial charge in [-0.05, 0) is 30.6 Å². The van der Waals surface area contributed by atoms with Gasteiger partial charge in [0.05, 0.1) is 13.7 Å². The lowest BCUT2D eigenvalue weighted by Gasteiger charge is -2.10. The second-order valence-corrected chi connectivity index (χ2v) is 4.09. The van der Waals surface area contributed by atoms with Gasteiger partial charge in [0.15, 0.2) is 11.5 Å². The summed E-state index contributed by atoms with van der Waals surface area (Å²) in [5.41, 5.74) is 6.32. The Labute approximate surface area is 94.9 Å². The minimum absolute atomic E-state index is 0.684. The molecule has 0 amide bonds. The van der Waals surface area contributed by atoms with Gasteiger partial charge in [-0.15, -0.1) is 0 Å². The minimum atomic E-state index is 0.684. The van der Waals surface area contributed by atoms with Gasteiger partial charge in [-0.2, -0.15) is 11.8 Å². The summed E-state index contributed by atoms with van der Waals surface area (Å²) in [5.74, 6) is 2.56. The summed E-state index contributed by atoms with van der Waals surface area (Å²) >= 11 is 1.82. The molecule has 0 atom stereocenters. The highest BCUT2D eigenvalue weighted by Crippen LogP contribution is 2.28. The standard InChI is InChI=1S/C11H17NO2S/c1-13-11-8-9(12)4-5-10(11)14-6-3-7-15-2/h4-5,8H,3,6-7,12H2,1-2H3. The Kier molecular flexibility index (Phi) is 5.18. The summed E-state index contributed by atoms with van der Waals surface area (Å²) in [6.45, 7) is 0.709. The molecule has 1 rings (SSSR count). The van der Waals surface area contributed by atoms with Crippen molar-refractivity contribution in [2.24, 2.45) is 0 Å². The monoisotopic (exact) mass is 227 g/mol. The first-order valence-corrected chi connectivity index (χ1v) is 6.22. The van der Waals surface area contributed by atoms with Crippen molar-refractivity contribution in [1.82, 2.24) is 0 Å². The quantitative estimate of drug-likeness (QED) is 0.598. The van der Waals surface area contributed by atoms with Crippen LogP contribution in [0.2, 0.25) is 0 Å². The molecule has 0 radical (unpaired) electrons. The van der Waals surface area contributed by atoms with Crippen LogP contribution in [0.1, 0.15) is 6.42 Å². The fourth-order valence-corrected chi connectivity index (χ4v) is 1.60. The van der Waals surface area contributed by atoms with Crippen molar-refractivity contribution in [1.29, 1.82) is 0 Å². The Morgan fingerprint density at radius 3 is 2.80 bits per heavy atom. The zero-order valence-corrected chi connectivity index (χ0v) is 9.97. The molecule has 0 aliphatic carbocycles. The van der Waals surface area contributed by atoms with Gasteiger partial charge in [0, 0.05) is 11.8 Å². The fraction of sp³-hybridized carbons (Fsp3) is 0.455. The van der Waals surface area contributed by atoms with Crippen molar-refractivity contribution >= 4 is 17.4 Å². The summed E-state index contributed by atoms with van der Waals surface area (Å²) in [7, 11) is 1.61. The molecular weight excluding hydrogens is 210 g/mol. The lowest BCUT2D eigenvalue weighted by Crippen LogP contribution is -2.00. The van der Waals surface area contributed by atoms with Crippen LogP contribution in [0.25, 0.3) is 0 Å². The molecular formula is C11H17NO2S. The van der Waals surface area contributed by atoms with Gasteiger partial charge in [0.1, 0.15) is 0 Å². The highest BCUT2D eigenvalue weighted by molar-refractivity contribution is 7.98. The van der Waals surface area contributed by atoms with Crippen LogP contribution < -0.4 is 15.2 Å². The van der Waals surface area contributed by atoms with Crippen molar-refractivity contribution in [3.05, 3.63) is 18.2 Å². The van der Waals surface area contributed by atoms with Gasteiger partial charge in [-0.25, -0.2) is 0 Å². The third-order valence-corrected chi connectivity index (χ3v) is 2.63. The van der Waals surface area contributed by atoms with Gasteiger partial charge in [-0.1, -0.05) is 0 Å². The predicted octanol–water partition coefficient (Wildman–Crippen LogP) is 2.41. The van der Waals surface area contributed by atoms with Gasteiger partial charge in [0.25, 0.3) is 0 Å². The third kappa shape index (κ3) is 3.91. The lowest BCUT2D eigenvalue weighted by molar-refractivity contribution is 0.295. The van der Waals surface area contributed by atoms with Crippen LogP contribution in [0.4, 0.5) is 5.69 Å². The minimum Gasteiger partial charge on any atom is -0.493 e. The molecule has 0 aliphatic rings. The zero-order valence-electron chi connectivity index (χ0n) is 9.16. The molecule has 0 fully saturated rings. The smallest absolute Gasteiger partial charge is 0.162 e. The Balaban J connectivity index is 2.52. The lowest BCUT2D eigenvalue weighted by atomic mass is 10.3. The highest BCUT2D eigenvalue weighted by atomic mass is 32.2. The van der Waals surface area contributed by atoms with E-state index in [1.165, 1.54) is 0 Å². The zero-order chi connectivity index (χ0) is 11.1. The molecule has 2 N–H and O–H groups in total. The average Bonchev–Trinajstić information content (AvgIpc) is 2.26. The molecule has 1 aromatic carbocycles. The molecule has 0 bridgehead atoms. The molecule has 4 heteroatoms. The number of thioether (sulfide) groups is 1. The summed E-state index contributed by atoms with van der Waals surface area (Å²) < 4.78 is 10.8. The molecule has 0 aromatic heterocycles. The summed E-state index contributed by atoms with van der Waals surface area (Å²) in [4.78, 5) is 0. The van der Waals surface area contributed by atoms with E-state index in [-0.39, 0.29) is 0 Å². The first kappa shape index (κ1) is 12.0. The van der Waals surface area contributed by atoms with E-state index in [9.17, 15) is 0 Å². The molecule has 1 aromatic rings. The maximum atomic E-state index is 5.64. The van der Waals surface area contributed by atoms with Crippen LogP contribution in [0.3, 0.4) is 0 Å². The molecule has 0 heterocycles. The van der Waals surface area contributed by atoms with Crippen LogP contribution >= 0.6 is 11.8 Å². The first-order valence-electron chi connectivity index (χ1n) is 4.83. The molecule has 0 unspecified atom stereocenters. The van der Waals surface area contributed by atoms with Crippen LogP contribution in [0.5, 0.6) is 11.5 Å². The van der Waals surface area contributed by atoms with E-state index in [0.717, 1.165) is 17.9 Å². The van der Waals surface area contributed by atoms with Crippen molar-refractivity contribution in [3.63, 3.8) is 0 Å². The summed E-state index contributed by atoms with van der Waals surface area (Å²) in [5, 5.41) is 0. The SMILES string of the molecule is COc1cc(N)ccc1OCCCSC. The van der Waals surface area contributed by atoms with Crippen LogP contribution in [-0.2, 0) is 0 Å². The van der Waals surface area contributed by atoms with E-state index >= 15 is 0 Å². The molecule has 0 saturated heterocycles. The molecule has 3 nitrogen and oxygen atoms in total. The van der Waals surface area contributed by atoms with E-state index in [1.807, 2.05) is 23.9 Å². The summed E-state index contributed by atoms with van der Waals surface area (Å²) in [6, 6.07) is 5.42. The number of nitrogen functional groups attached to an aromatic ring is 1. The number of rotatable bonds is 6. The predicted molar refractivity (Wildman–Crippen MR) is 65.9 cm³/mol. The number of nitrogens with two attached hydrogens (primary N) is 1. The normalized spacial score (nSPS) is 10.0. The maximum absolute atomic E-state index is 5.64. The van der Waals surface area contributed by atoms with Gasteiger partial charge < -0.3 is 15.2 Å². The van der Waals surface area contributed by atoms with E-state index in [2.05, 4.69) is 6.26 Å². The van der Waals surface area contributed by atoms with Gasteiger partial charge >= 0.3 is 0 Å². The van der Waals surface area contributed by atoms with Crippen molar-refractivity contribution in [2.45, 2.75) is 6.42 Å². The number of anilines is 1. The Bertz CT molecular complexity index is 305. The van der Waals surface area contributed by atoms with Gasteiger partial charge in [0.2, 0.25) is 0 Å². The Morgan fingerprint density at radius 2 is 2.13 bits per heavy atom. The van der Waals surface area contributed by atoms with Crippen LogP contribution in [-0.4, -0.2) is 25.7 Å². The number of hydrogen-bond acceptors (Lipinski definition) is 4. The molecule has 0 saturated carbocycles. The topological polar surface area (TPSA) is 44.5 Å². The van der Waals surface area contributed by atoms with E-state index in [4.69, 9.17) is 15.2 Å².